The monoisotopic (exact) mass is 292 g/mol. The number of rotatable bonds is 4. The van der Waals surface area contributed by atoms with E-state index in [-0.39, 0.29) is 12.0 Å². The zero-order valence-corrected chi connectivity index (χ0v) is 12.5. The molecule has 0 bridgehead atoms. The van der Waals surface area contributed by atoms with E-state index in [9.17, 15) is 14.7 Å². The number of carbonyl (C=O) groups is 2. The number of hydrogen-bond acceptors (Lipinski definition) is 4. The minimum absolute atomic E-state index is 0.00735. The molecule has 6 nitrogen and oxygen atoms in total. The molecule has 0 saturated carbocycles. The van der Waals surface area contributed by atoms with Crippen LogP contribution in [-0.4, -0.2) is 45.1 Å². The van der Waals surface area contributed by atoms with Crippen molar-refractivity contribution < 1.29 is 19.4 Å². The van der Waals surface area contributed by atoms with Crippen molar-refractivity contribution in [2.75, 3.05) is 6.54 Å². The summed E-state index contributed by atoms with van der Waals surface area (Å²) in [5.41, 5.74) is -0.759. The van der Waals surface area contributed by atoms with Gasteiger partial charge in [0.2, 0.25) is 5.88 Å². The van der Waals surface area contributed by atoms with E-state index in [1.165, 1.54) is 11.1 Å². The van der Waals surface area contributed by atoms with Crippen LogP contribution in [0.2, 0.25) is 0 Å². The average Bonchev–Trinajstić information content (AvgIpc) is 2.81. The summed E-state index contributed by atoms with van der Waals surface area (Å²) in [6.07, 6.45) is 2.60. The molecule has 1 fully saturated rings. The summed E-state index contributed by atoms with van der Waals surface area (Å²) in [6, 6.07) is 3.25. The molecule has 0 radical (unpaired) electrons. The van der Waals surface area contributed by atoms with Gasteiger partial charge in [-0.1, -0.05) is 0 Å². The number of ether oxygens (including phenoxy) is 1. The lowest BCUT2D eigenvalue weighted by atomic mass is 9.99. The Balaban J connectivity index is 2.18. The molecular weight excluding hydrogens is 272 g/mol. The Labute approximate surface area is 123 Å². The molecule has 0 aromatic carbocycles. The van der Waals surface area contributed by atoms with Crippen molar-refractivity contribution in [3.8, 4) is 5.88 Å². The van der Waals surface area contributed by atoms with E-state index >= 15 is 0 Å². The highest BCUT2D eigenvalue weighted by Crippen LogP contribution is 2.30. The maximum Gasteiger partial charge on any atom is 0.329 e. The summed E-state index contributed by atoms with van der Waals surface area (Å²) in [6.45, 7) is 5.82. The first-order chi connectivity index (χ1) is 9.84. The third kappa shape index (κ3) is 2.99. The third-order valence-corrected chi connectivity index (χ3v) is 3.69. The fourth-order valence-electron chi connectivity index (χ4n) is 2.49. The first-order valence-corrected chi connectivity index (χ1v) is 7.02. The number of carboxylic acids is 1. The molecule has 1 aliphatic rings. The van der Waals surface area contributed by atoms with Gasteiger partial charge >= 0.3 is 5.97 Å². The van der Waals surface area contributed by atoms with Crippen LogP contribution in [0.4, 0.5) is 0 Å². The molecule has 1 N–H and O–H groups in total. The van der Waals surface area contributed by atoms with Gasteiger partial charge in [0.05, 0.1) is 11.7 Å². The van der Waals surface area contributed by atoms with Crippen molar-refractivity contribution in [2.45, 2.75) is 45.3 Å². The topological polar surface area (TPSA) is 79.7 Å². The van der Waals surface area contributed by atoms with Gasteiger partial charge in [0.1, 0.15) is 5.54 Å². The van der Waals surface area contributed by atoms with E-state index in [1.54, 1.807) is 19.1 Å². The second-order valence-electron chi connectivity index (χ2n) is 5.69. The lowest BCUT2D eigenvalue weighted by Crippen LogP contribution is -2.50. The zero-order chi connectivity index (χ0) is 15.6. The van der Waals surface area contributed by atoms with Crippen LogP contribution in [0.5, 0.6) is 5.88 Å². The number of carboxylic acid groups (broad SMARTS) is 1. The van der Waals surface area contributed by atoms with E-state index in [2.05, 4.69) is 4.98 Å². The minimum atomic E-state index is -1.13. The van der Waals surface area contributed by atoms with Crippen molar-refractivity contribution in [2.24, 2.45) is 0 Å². The Morgan fingerprint density at radius 3 is 2.67 bits per heavy atom. The first kappa shape index (κ1) is 15.3. The van der Waals surface area contributed by atoms with E-state index in [0.717, 1.165) is 0 Å². The van der Waals surface area contributed by atoms with Crippen LogP contribution in [0.1, 0.15) is 44.0 Å². The Hall–Kier alpha value is -2.11. The van der Waals surface area contributed by atoms with Crippen molar-refractivity contribution in [3.63, 3.8) is 0 Å². The minimum Gasteiger partial charge on any atom is -0.480 e. The molecule has 0 spiro atoms. The van der Waals surface area contributed by atoms with Gasteiger partial charge in [-0.05, 0) is 39.7 Å². The number of nitrogens with zero attached hydrogens (tertiary/aromatic N) is 2. The normalized spacial score (nSPS) is 21.6. The first-order valence-electron chi connectivity index (χ1n) is 7.02. The molecule has 2 rings (SSSR count). The molecule has 1 aromatic heterocycles. The largest absolute Gasteiger partial charge is 0.480 e. The number of pyridine rings is 1. The lowest BCUT2D eigenvalue weighted by Gasteiger charge is -2.31. The summed E-state index contributed by atoms with van der Waals surface area (Å²) in [5, 5.41) is 9.35. The molecule has 1 atom stereocenters. The smallest absolute Gasteiger partial charge is 0.329 e. The number of carbonyl (C=O) groups excluding carboxylic acids is 1. The highest BCUT2D eigenvalue weighted by Gasteiger charge is 2.46. The quantitative estimate of drug-likeness (QED) is 0.917. The number of hydrogen-bond donors (Lipinski definition) is 1. The lowest BCUT2D eigenvalue weighted by molar-refractivity contribution is -0.147. The molecule has 0 aliphatic carbocycles. The number of likely N-dealkylation sites (tertiary alicyclic amines) is 1. The van der Waals surface area contributed by atoms with Crippen molar-refractivity contribution in [1.82, 2.24) is 9.88 Å². The Morgan fingerprint density at radius 2 is 2.14 bits per heavy atom. The summed E-state index contributed by atoms with van der Waals surface area (Å²) in [7, 11) is 0. The van der Waals surface area contributed by atoms with Crippen LogP contribution in [0.25, 0.3) is 0 Å². The maximum absolute atomic E-state index is 12.5. The number of aromatic nitrogens is 1. The van der Waals surface area contributed by atoms with Crippen LogP contribution >= 0.6 is 0 Å². The van der Waals surface area contributed by atoms with Gasteiger partial charge < -0.3 is 14.7 Å². The van der Waals surface area contributed by atoms with Gasteiger partial charge in [-0.3, -0.25) is 4.79 Å². The molecule has 1 aromatic rings. The van der Waals surface area contributed by atoms with Crippen LogP contribution in [-0.2, 0) is 4.79 Å². The molecule has 1 saturated heterocycles. The molecule has 114 valence electrons. The predicted molar refractivity (Wildman–Crippen MR) is 76.3 cm³/mol. The van der Waals surface area contributed by atoms with Gasteiger partial charge in [0.25, 0.3) is 5.91 Å². The molecular formula is C15H20N2O4. The zero-order valence-electron chi connectivity index (χ0n) is 12.5. The van der Waals surface area contributed by atoms with E-state index in [1.807, 2.05) is 13.8 Å². The predicted octanol–water partition coefficient (Wildman–Crippen LogP) is 1.95. The van der Waals surface area contributed by atoms with Crippen molar-refractivity contribution in [3.05, 3.63) is 23.9 Å². The molecule has 1 amide bonds. The standard InChI is InChI=1S/C15H20N2O4/c1-10(2)21-12-6-5-11(9-16-12)13(18)17-8-4-7-15(17,3)14(19)20/h5-6,9-10H,4,7-8H2,1-3H3,(H,19,20). The summed E-state index contributed by atoms with van der Waals surface area (Å²) in [5.74, 6) is -0.828. The Kier molecular flexibility index (Phi) is 4.16. The molecule has 2 heterocycles. The van der Waals surface area contributed by atoms with Crippen LogP contribution < -0.4 is 4.74 Å². The van der Waals surface area contributed by atoms with Crippen LogP contribution in [0, 0.1) is 0 Å². The molecule has 1 aliphatic heterocycles. The second-order valence-corrected chi connectivity index (χ2v) is 5.69. The van der Waals surface area contributed by atoms with Crippen molar-refractivity contribution >= 4 is 11.9 Å². The number of aliphatic carboxylic acids is 1. The van der Waals surface area contributed by atoms with E-state index in [0.29, 0.717) is 30.8 Å². The van der Waals surface area contributed by atoms with Gasteiger partial charge in [0.15, 0.2) is 0 Å². The third-order valence-electron chi connectivity index (χ3n) is 3.69. The van der Waals surface area contributed by atoms with Crippen LogP contribution in [0.15, 0.2) is 18.3 Å². The highest BCUT2D eigenvalue weighted by atomic mass is 16.5. The summed E-state index contributed by atoms with van der Waals surface area (Å²) in [4.78, 5) is 29.4. The number of amides is 1. The maximum atomic E-state index is 12.5. The molecule has 21 heavy (non-hydrogen) atoms. The van der Waals surface area contributed by atoms with Gasteiger partial charge in [-0.2, -0.15) is 0 Å². The second kappa shape index (κ2) is 5.71. The fourth-order valence-corrected chi connectivity index (χ4v) is 2.49. The molecule has 1 unspecified atom stereocenters. The Bertz CT molecular complexity index is 541. The van der Waals surface area contributed by atoms with Crippen molar-refractivity contribution in [1.29, 1.82) is 0 Å². The summed E-state index contributed by atoms with van der Waals surface area (Å²) < 4.78 is 5.42. The summed E-state index contributed by atoms with van der Waals surface area (Å²) >= 11 is 0. The molecule has 6 heteroatoms. The Morgan fingerprint density at radius 1 is 1.43 bits per heavy atom. The van der Waals surface area contributed by atoms with Gasteiger partial charge in [-0.25, -0.2) is 9.78 Å². The highest BCUT2D eigenvalue weighted by molar-refractivity contribution is 5.98. The van der Waals surface area contributed by atoms with Crippen LogP contribution in [0.3, 0.4) is 0 Å². The average molecular weight is 292 g/mol. The SMILES string of the molecule is CC(C)Oc1ccc(C(=O)N2CCCC2(C)C(=O)O)cn1. The van der Waals surface area contributed by atoms with E-state index in [4.69, 9.17) is 4.74 Å². The van der Waals surface area contributed by atoms with Gasteiger partial charge in [-0.15, -0.1) is 0 Å². The van der Waals surface area contributed by atoms with E-state index < -0.39 is 11.5 Å². The van der Waals surface area contributed by atoms with Gasteiger partial charge in [0, 0.05) is 18.8 Å². The fraction of sp³-hybridized carbons (Fsp3) is 0.533.